The van der Waals surface area contributed by atoms with E-state index < -0.39 is 5.97 Å². The maximum atomic E-state index is 12.6. The summed E-state index contributed by atoms with van der Waals surface area (Å²) in [5.41, 5.74) is 0.301. The van der Waals surface area contributed by atoms with Gasteiger partial charge < -0.3 is 10.0 Å². The molecule has 1 aromatic heterocycles. The second kappa shape index (κ2) is 6.13. The molecule has 1 amide bonds. The molecular formula is C17H20N2O3. The SMILES string of the molecule is CC(C)(C)CN(CC(=O)O)C(=O)c1ccc2ccncc2c1. The molecule has 0 bridgehead atoms. The first-order valence-electron chi connectivity index (χ1n) is 7.11. The summed E-state index contributed by atoms with van der Waals surface area (Å²) in [5.74, 6) is -1.29. The van der Waals surface area contributed by atoms with Crippen LogP contribution in [0.2, 0.25) is 0 Å². The molecule has 0 fully saturated rings. The van der Waals surface area contributed by atoms with Gasteiger partial charge in [-0.25, -0.2) is 0 Å². The second-order valence-corrected chi connectivity index (χ2v) is 6.55. The quantitative estimate of drug-likeness (QED) is 0.942. The van der Waals surface area contributed by atoms with Crippen molar-refractivity contribution < 1.29 is 14.7 Å². The molecule has 2 rings (SSSR count). The molecule has 0 radical (unpaired) electrons. The van der Waals surface area contributed by atoms with E-state index in [0.717, 1.165) is 10.8 Å². The van der Waals surface area contributed by atoms with E-state index in [1.54, 1.807) is 24.5 Å². The Morgan fingerprint density at radius 1 is 1.18 bits per heavy atom. The molecule has 5 nitrogen and oxygen atoms in total. The smallest absolute Gasteiger partial charge is 0.323 e. The Hall–Kier alpha value is -2.43. The van der Waals surface area contributed by atoms with Crippen LogP contribution < -0.4 is 0 Å². The Morgan fingerprint density at radius 2 is 1.91 bits per heavy atom. The van der Waals surface area contributed by atoms with Gasteiger partial charge in [-0.2, -0.15) is 0 Å². The van der Waals surface area contributed by atoms with Gasteiger partial charge in [0.1, 0.15) is 6.54 Å². The van der Waals surface area contributed by atoms with Gasteiger partial charge in [-0.05, 0) is 29.0 Å². The van der Waals surface area contributed by atoms with Crippen molar-refractivity contribution in [2.45, 2.75) is 20.8 Å². The van der Waals surface area contributed by atoms with E-state index in [4.69, 9.17) is 5.11 Å². The molecule has 0 aliphatic carbocycles. The molecule has 5 heteroatoms. The lowest BCUT2D eigenvalue weighted by Gasteiger charge is -2.29. The summed E-state index contributed by atoms with van der Waals surface area (Å²) in [7, 11) is 0. The van der Waals surface area contributed by atoms with E-state index in [2.05, 4.69) is 4.98 Å². The van der Waals surface area contributed by atoms with Crippen LogP contribution in [0.1, 0.15) is 31.1 Å². The van der Waals surface area contributed by atoms with Crippen molar-refractivity contribution in [2.75, 3.05) is 13.1 Å². The lowest BCUT2D eigenvalue weighted by Crippen LogP contribution is -2.41. The molecule has 116 valence electrons. The van der Waals surface area contributed by atoms with Gasteiger partial charge in [0.25, 0.3) is 5.91 Å². The minimum absolute atomic E-state index is 0.177. The van der Waals surface area contributed by atoms with Gasteiger partial charge in [0.05, 0.1) is 0 Å². The number of pyridine rings is 1. The van der Waals surface area contributed by atoms with Crippen LogP contribution in [0.25, 0.3) is 10.8 Å². The van der Waals surface area contributed by atoms with Crippen LogP contribution in [0.4, 0.5) is 0 Å². The van der Waals surface area contributed by atoms with Crippen LogP contribution in [0.15, 0.2) is 36.7 Å². The van der Waals surface area contributed by atoms with Crippen molar-refractivity contribution in [2.24, 2.45) is 5.41 Å². The summed E-state index contributed by atoms with van der Waals surface area (Å²) in [6, 6.07) is 7.19. The maximum absolute atomic E-state index is 12.6. The van der Waals surface area contributed by atoms with Gasteiger partial charge >= 0.3 is 5.97 Å². The van der Waals surface area contributed by atoms with Gasteiger partial charge in [-0.3, -0.25) is 14.6 Å². The molecule has 0 aliphatic heterocycles. The number of carbonyl (C=O) groups excluding carboxylic acids is 1. The molecule has 0 spiro atoms. The number of fused-ring (bicyclic) bond motifs is 1. The fraction of sp³-hybridized carbons (Fsp3) is 0.353. The third-order valence-corrected chi connectivity index (χ3v) is 3.17. The average molecular weight is 300 g/mol. The molecule has 0 saturated heterocycles. The number of aromatic nitrogens is 1. The van der Waals surface area contributed by atoms with E-state index >= 15 is 0 Å². The zero-order valence-corrected chi connectivity index (χ0v) is 13.0. The van der Waals surface area contributed by atoms with Crippen molar-refractivity contribution in [1.82, 2.24) is 9.88 Å². The van der Waals surface area contributed by atoms with E-state index in [9.17, 15) is 9.59 Å². The van der Waals surface area contributed by atoms with Gasteiger partial charge in [0, 0.05) is 29.9 Å². The number of hydrogen-bond acceptors (Lipinski definition) is 3. The number of carboxylic acid groups (broad SMARTS) is 1. The van der Waals surface area contributed by atoms with Crippen molar-refractivity contribution in [3.8, 4) is 0 Å². The van der Waals surface area contributed by atoms with Crippen LogP contribution in [-0.2, 0) is 4.79 Å². The van der Waals surface area contributed by atoms with Crippen molar-refractivity contribution in [3.05, 3.63) is 42.2 Å². The molecular weight excluding hydrogens is 280 g/mol. The standard InChI is InChI=1S/C17H20N2O3/c1-17(2,3)11-19(10-15(20)21)16(22)13-5-4-12-6-7-18-9-14(12)8-13/h4-9H,10-11H2,1-3H3,(H,20,21). The van der Waals surface area contributed by atoms with Gasteiger partial charge in [0.2, 0.25) is 0 Å². The van der Waals surface area contributed by atoms with E-state index in [1.165, 1.54) is 4.90 Å². The van der Waals surface area contributed by atoms with Gasteiger partial charge in [-0.1, -0.05) is 26.8 Å². The van der Waals surface area contributed by atoms with E-state index in [1.807, 2.05) is 32.9 Å². The minimum atomic E-state index is -1.01. The Kier molecular flexibility index (Phi) is 4.45. The minimum Gasteiger partial charge on any atom is -0.480 e. The summed E-state index contributed by atoms with van der Waals surface area (Å²) in [4.78, 5) is 29.1. The Labute approximate surface area is 129 Å². The lowest BCUT2D eigenvalue weighted by molar-refractivity contribution is -0.138. The molecule has 0 aliphatic rings. The fourth-order valence-electron chi connectivity index (χ4n) is 2.34. The van der Waals surface area contributed by atoms with Crippen LogP contribution in [0, 0.1) is 5.41 Å². The average Bonchev–Trinajstić information content (AvgIpc) is 2.43. The molecule has 1 heterocycles. The van der Waals surface area contributed by atoms with Crippen LogP contribution in [0.5, 0.6) is 0 Å². The summed E-state index contributed by atoms with van der Waals surface area (Å²) < 4.78 is 0. The predicted molar refractivity (Wildman–Crippen MR) is 84.7 cm³/mol. The van der Waals surface area contributed by atoms with Crippen molar-refractivity contribution >= 4 is 22.6 Å². The summed E-state index contributed by atoms with van der Waals surface area (Å²) in [6.07, 6.45) is 3.39. The molecule has 0 saturated carbocycles. The number of carbonyl (C=O) groups is 2. The Morgan fingerprint density at radius 3 is 2.55 bits per heavy atom. The first-order chi connectivity index (χ1) is 10.3. The number of benzene rings is 1. The topological polar surface area (TPSA) is 70.5 Å². The highest BCUT2D eigenvalue weighted by Crippen LogP contribution is 2.19. The highest BCUT2D eigenvalue weighted by molar-refractivity contribution is 5.99. The van der Waals surface area contributed by atoms with Crippen LogP contribution in [-0.4, -0.2) is 40.0 Å². The predicted octanol–water partition coefficient (Wildman–Crippen LogP) is 2.81. The van der Waals surface area contributed by atoms with Crippen molar-refractivity contribution in [1.29, 1.82) is 0 Å². The molecule has 2 aromatic rings. The normalized spacial score (nSPS) is 11.4. The lowest BCUT2D eigenvalue weighted by atomic mass is 9.95. The zero-order valence-electron chi connectivity index (χ0n) is 13.0. The maximum Gasteiger partial charge on any atom is 0.323 e. The van der Waals surface area contributed by atoms with Crippen molar-refractivity contribution in [3.63, 3.8) is 0 Å². The van der Waals surface area contributed by atoms with Gasteiger partial charge in [0.15, 0.2) is 0 Å². The first kappa shape index (κ1) is 15.9. The third kappa shape index (κ3) is 4.04. The van der Waals surface area contributed by atoms with E-state index in [0.29, 0.717) is 12.1 Å². The van der Waals surface area contributed by atoms with Crippen LogP contribution >= 0.6 is 0 Å². The molecule has 1 N–H and O–H groups in total. The number of aliphatic carboxylic acids is 1. The largest absolute Gasteiger partial charge is 0.480 e. The molecule has 0 unspecified atom stereocenters. The summed E-state index contributed by atoms with van der Waals surface area (Å²) in [5, 5.41) is 10.9. The third-order valence-electron chi connectivity index (χ3n) is 3.17. The summed E-state index contributed by atoms with van der Waals surface area (Å²) >= 11 is 0. The second-order valence-electron chi connectivity index (χ2n) is 6.55. The monoisotopic (exact) mass is 300 g/mol. The zero-order chi connectivity index (χ0) is 16.3. The number of nitrogens with zero attached hydrogens (tertiary/aromatic N) is 2. The first-order valence-corrected chi connectivity index (χ1v) is 7.11. The molecule has 0 atom stereocenters. The number of amides is 1. The number of hydrogen-bond donors (Lipinski definition) is 1. The number of rotatable bonds is 4. The molecule has 1 aromatic carbocycles. The van der Waals surface area contributed by atoms with Crippen LogP contribution in [0.3, 0.4) is 0 Å². The molecule has 22 heavy (non-hydrogen) atoms. The van der Waals surface area contributed by atoms with Gasteiger partial charge in [-0.15, -0.1) is 0 Å². The Bertz CT molecular complexity index is 704. The van der Waals surface area contributed by atoms with E-state index in [-0.39, 0.29) is 17.9 Å². The fourth-order valence-corrected chi connectivity index (χ4v) is 2.34. The Balaban J connectivity index is 2.32. The highest BCUT2D eigenvalue weighted by atomic mass is 16.4. The highest BCUT2D eigenvalue weighted by Gasteiger charge is 2.24. The summed E-state index contributed by atoms with van der Waals surface area (Å²) in [6.45, 7) is 5.99. The number of carboxylic acids is 1.